The molecule has 5 heterocycles. The molecule has 1 saturated heterocycles. The molecule has 0 saturated carbocycles. The van der Waals surface area contributed by atoms with Crippen molar-refractivity contribution in [1.29, 1.82) is 0 Å². The normalized spacial score (nSPS) is 14.6. The lowest BCUT2D eigenvalue weighted by Gasteiger charge is -2.31. The van der Waals surface area contributed by atoms with Crippen molar-refractivity contribution in [2.24, 2.45) is 0 Å². The number of nitrogens with zero attached hydrogens (tertiary/aromatic N) is 6. The average molecular weight is 728 g/mol. The van der Waals surface area contributed by atoms with Gasteiger partial charge in [0.2, 0.25) is 0 Å². The quantitative estimate of drug-likeness (QED) is 0.163. The molecule has 11 nitrogen and oxygen atoms in total. The molecule has 270 valence electrons. The Morgan fingerprint density at radius 3 is 2.55 bits per heavy atom. The molecule has 0 atom stereocenters. The Balaban J connectivity index is 1.06. The van der Waals surface area contributed by atoms with Crippen LogP contribution in [0.1, 0.15) is 58.3 Å². The van der Waals surface area contributed by atoms with Crippen molar-refractivity contribution < 1.29 is 19.1 Å². The Morgan fingerprint density at radius 2 is 1.72 bits per heavy atom. The van der Waals surface area contributed by atoms with Crippen molar-refractivity contribution >= 4 is 50.1 Å². The number of amides is 1. The van der Waals surface area contributed by atoms with E-state index in [9.17, 15) is 9.59 Å². The van der Waals surface area contributed by atoms with Crippen LogP contribution in [-0.2, 0) is 29.0 Å². The smallest absolute Gasteiger partial charge is 0.358 e. The number of thiazole rings is 1. The van der Waals surface area contributed by atoms with Gasteiger partial charge in [-0.15, -0.1) is 0 Å². The standard InChI is InChI=1S/C41H41N7O4S/c1-41(2,3)52-39(50)37-30(29-23-42-48(25-29)24-28-9-4-6-13-34(28)46-19-21-51-22-20-46)15-16-36(44-37)47-18-17-27-10-8-11-31(32(27)26-47)38(49)45-40-43-33-12-5-7-14-35(33)53-40/h4-16,23,25H,17-22,24,26H2,1-3H3,(H,43,45,49). The van der Waals surface area contributed by atoms with E-state index < -0.39 is 11.6 Å². The first-order valence-corrected chi connectivity index (χ1v) is 18.7. The van der Waals surface area contributed by atoms with Crippen molar-refractivity contribution in [3.8, 4) is 11.1 Å². The summed E-state index contributed by atoms with van der Waals surface area (Å²) in [4.78, 5) is 41.4. The lowest BCUT2D eigenvalue weighted by atomic mass is 9.94. The number of esters is 1. The maximum atomic E-state index is 13.8. The third kappa shape index (κ3) is 7.51. The molecule has 2 aliphatic heterocycles. The average Bonchev–Trinajstić information content (AvgIpc) is 3.80. The first-order chi connectivity index (χ1) is 25.7. The Labute approximate surface area is 312 Å². The highest BCUT2D eigenvalue weighted by molar-refractivity contribution is 7.22. The van der Waals surface area contributed by atoms with E-state index in [4.69, 9.17) is 19.6 Å². The van der Waals surface area contributed by atoms with Crippen molar-refractivity contribution in [3.05, 3.63) is 119 Å². The van der Waals surface area contributed by atoms with E-state index in [-0.39, 0.29) is 11.6 Å². The van der Waals surface area contributed by atoms with Crippen LogP contribution in [0.2, 0.25) is 0 Å². The molecule has 0 radical (unpaired) electrons. The summed E-state index contributed by atoms with van der Waals surface area (Å²) in [7, 11) is 0. The van der Waals surface area contributed by atoms with E-state index in [1.165, 1.54) is 17.0 Å². The number of benzene rings is 3. The van der Waals surface area contributed by atoms with Crippen molar-refractivity contribution in [3.63, 3.8) is 0 Å². The summed E-state index contributed by atoms with van der Waals surface area (Å²) in [5.74, 6) is -0.0772. The Bertz CT molecular complexity index is 2270. The number of para-hydroxylation sites is 2. The SMILES string of the molecule is CC(C)(C)OC(=O)c1nc(N2CCc3cccc(C(=O)Nc4nc5ccccc5s4)c3C2)ccc1-c1cnn(Cc2ccccc2N2CCOCC2)c1. The second kappa shape index (κ2) is 14.4. The Hall–Kier alpha value is -5.59. The second-order valence-electron chi connectivity index (χ2n) is 14.3. The molecule has 0 bridgehead atoms. The molecular weight excluding hydrogens is 687 g/mol. The molecule has 6 aromatic rings. The predicted octanol–water partition coefficient (Wildman–Crippen LogP) is 7.21. The molecule has 0 spiro atoms. The molecule has 3 aromatic heterocycles. The van der Waals surface area contributed by atoms with Crippen LogP contribution in [0.3, 0.4) is 0 Å². The van der Waals surface area contributed by atoms with Gasteiger partial charge in [0.25, 0.3) is 5.91 Å². The number of ether oxygens (including phenoxy) is 2. The highest BCUT2D eigenvalue weighted by Gasteiger charge is 2.28. The molecule has 3 aromatic carbocycles. The summed E-state index contributed by atoms with van der Waals surface area (Å²) >= 11 is 1.45. The highest BCUT2D eigenvalue weighted by atomic mass is 32.1. The van der Waals surface area contributed by atoms with Crippen LogP contribution in [0.5, 0.6) is 0 Å². The number of nitrogens with one attached hydrogen (secondary N) is 1. The van der Waals surface area contributed by atoms with E-state index in [2.05, 4.69) is 44.4 Å². The van der Waals surface area contributed by atoms with Gasteiger partial charge in [0, 0.05) is 54.8 Å². The molecule has 2 aliphatic rings. The zero-order valence-corrected chi connectivity index (χ0v) is 30.9. The van der Waals surface area contributed by atoms with E-state index >= 15 is 0 Å². The first kappa shape index (κ1) is 34.5. The van der Waals surface area contributed by atoms with E-state index in [1.807, 2.05) is 86.2 Å². The lowest BCUT2D eigenvalue weighted by molar-refractivity contribution is 0.00638. The Morgan fingerprint density at radius 1 is 0.906 bits per heavy atom. The fourth-order valence-corrected chi connectivity index (χ4v) is 7.80. The van der Waals surface area contributed by atoms with E-state index in [1.54, 1.807) is 6.20 Å². The zero-order chi connectivity index (χ0) is 36.5. The van der Waals surface area contributed by atoms with Gasteiger partial charge >= 0.3 is 5.97 Å². The summed E-state index contributed by atoms with van der Waals surface area (Å²) in [6.07, 6.45) is 4.45. The van der Waals surface area contributed by atoms with Crippen LogP contribution >= 0.6 is 11.3 Å². The van der Waals surface area contributed by atoms with Crippen molar-refractivity contribution in [2.75, 3.05) is 48.0 Å². The summed E-state index contributed by atoms with van der Waals surface area (Å²) in [6.45, 7) is 10.4. The van der Waals surface area contributed by atoms with Gasteiger partial charge < -0.3 is 19.3 Å². The predicted molar refractivity (Wildman–Crippen MR) is 208 cm³/mol. The summed E-state index contributed by atoms with van der Waals surface area (Å²) in [5, 5.41) is 8.28. The van der Waals surface area contributed by atoms with Crippen LogP contribution in [0.4, 0.5) is 16.6 Å². The number of carbonyl (C=O) groups excluding carboxylic acids is 2. The van der Waals surface area contributed by atoms with Gasteiger partial charge in [0.05, 0.1) is 36.2 Å². The minimum absolute atomic E-state index is 0.204. The van der Waals surface area contributed by atoms with Crippen LogP contribution in [-0.4, -0.2) is 70.1 Å². The molecule has 53 heavy (non-hydrogen) atoms. The minimum atomic E-state index is -0.713. The molecule has 0 unspecified atom stereocenters. The summed E-state index contributed by atoms with van der Waals surface area (Å²) in [5.41, 5.74) is 6.75. The van der Waals surface area contributed by atoms with Crippen LogP contribution < -0.4 is 15.1 Å². The molecule has 1 amide bonds. The van der Waals surface area contributed by atoms with Gasteiger partial charge in [-0.3, -0.25) is 14.8 Å². The lowest BCUT2D eigenvalue weighted by Crippen LogP contribution is -2.36. The fourth-order valence-electron chi connectivity index (χ4n) is 6.94. The maximum absolute atomic E-state index is 13.8. The number of hydrogen-bond donors (Lipinski definition) is 1. The van der Waals surface area contributed by atoms with Crippen LogP contribution in [0.15, 0.2) is 91.3 Å². The molecule has 0 aliphatic carbocycles. The monoisotopic (exact) mass is 727 g/mol. The van der Waals surface area contributed by atoms with Crippen molar-refractivity contribution in [1.82, 2.24) is 19.7 Å². The van der Waals surface area contributed by atoms with Gasteiger partial charge in [-0.2, -0.15) is 5.10 Å². The zero-order valence-electron chi connectivity index (χ0n) is 30.0. The molecule has 12 heteroatoms. The number of hydrogen-bond acceptors (Lipinski definition) is 10. The number of anilines is 3. The van der Waals surface area contributed by atoms with Gasteiger partial charge in [0.1, 0.15) is 11.4 Å². The number of pyridine rings is 1. The van der Waals surface area contributed by atoms with Crippen LogP contribution in [0, 0.1) is 0 Å². The number of morpholine rings is 1. The third-order valence-electron chi connectivity index (χ3n) is 9.45. The number of aromatic nitrogens is 4. The molecule has 1 N–H and O–H groups in total. The molecule has 1 fully saturated rings. The van der Waals surface area contributed by atoms with E-state index in [0.29, 0.717) is 54.9 Å². The third-order valence-corrected chi connectivity index (χ3v) is 10.4. The Kier molecular flexibility index (Phi) is 9.40. The topological polar surface area (TPSA) is 115 Å². The van der Waals surface area contributed by atoms with Gasteiger partial charge in [-0.05, 0) is 80.3 Å². The van der Waals surface area contributed by atoms with Gasteiger partial charge in [-0.1, -0.05) is 53.8 Å². The first-order valence-electron chi connectivity index (χ1n) is 17.9. The van der Waals surface area contributed by atoms with Gasteiger partial charge in [0.15, 0.2) is 10.8 Å². The van der Waals surface area contributed by atoms with Gasteiger partial charge in [-0.25, -0.2) is 14.8 Å². The summed E-state index contributed by atoms with van der Waals surface area (Å²) < 4.78 is 14.4. The molecule has 8 rings (SSSR count). The largest absolute Gasteiger partial charge is 0.455 e. The number of rotatable bonds is 8. The van der Waals surface area contributed by atoms with Crippen LogP contribution in [0.25, 0.3) is 21.3 Å². The number of fused-ring (bicyclic) bond motifs is 2. The van der Waals surface area contributed by atoms with Crippen molar-refractivity contribution in [2.45, 2.75) is 45.9 Å². The summed E-state index contributed by atoms with van der Waals surface area (Å²) in [6, 6.07) is 25.9. The second-order valence-corrected chi connectivity index (χ2v) is 15.3. The number of carbonyl (C=O) groups is 2. The van der Waals surface area contributed by atoms with E-state index in [0.717, 1.165) is 52.0 Å². The maximum Gasteiger partial charge on any atom is 0.358 e. The highest BCUT2D eigenvalue weighted by Crippen LogP contribution is 2.32. The fraction of sp³-hybridized carbons (Fsp3) is 0.293. The molecular formula is C41H41N7O4S. The minimum Gasteiger partial charge on any atom is -0.455 e.